The quantitative estimate of drug-likeness (QED) is 0.806. The van der Waals surface area contributed by atoms with E-state index < -0.39 is 0 Å². The lowest BCUT2D eigenvalue weighted by Crippen LogP contribution is -2.35. The van der Waals surface area contributed by atoms with Crippen LogP contribution >= 0.6 is 15.9 Å². The lowest BCUT2D eigenvalue weighted by atomic mass is 10.1. The molecule has 0 aliphatic carbocycles. The van der Waals surface area contributed by atoms with Crippen molar-refractivity contribution in [2.24, 2.45) is 5.92 Å². The molecular weight excluding hydrogens is 322 g/mol. The highest BCUT2D eigenvalue weighted by Crippen LogP contribution is 2.30. The molecule has 20 heavy (non-hydrogen) atoms. The van der Waals surface area contributed by atoms with Crippen molar-refractivity contribution in [3.63, 3.8) is 0 Å². The fraction of sp³-hybridized carbons (Fsp3) is 0.533. The minimum absolute atomic E-state index is 0.0118. The molecule has 0 fully saturated rings. The lowest BCUT2D eigenvalue weighted by molar-refractivity contribution is -0.121. The molecule has 2 unspecified atom stereocenters. The summed E-state index contributed by atoms with van der Waals surface area (Å²) in [7, 11) is 3.19. The molecule has 0 spiro atoms. The normalized spacial score (nSPS) is 13.8. The van der Waals surface area contributed by atoms with E-state index in [-0.39, 0.29) is 22.7 Å². The molecule has 4 nitrogen and oxygen atoms in total. The summed E-state index contributed by atoms with van der Waals surface area (Å²) < 4.78 is 10.5. The van der Waals surface area contributed by atoms with Gasteiger partial charge in [-0.1, -0.05) is 35.8 Å². The summed E-state index contributed by atoms with van der Waals surface area (Å²) in [5.41, 5.74) is 0.972. The third kappa shape index (κ3) is 4.13. The molecule has 0 bridgehead atoms. The molecule has 1 aromatic rings. The average Bonchev–Trinajstić information content (AvgIpc) is 2.45. The molecule has 1 rings (SSSR count). The highest BCUT2D eigenvalue weighted by atomic mass is 79.9. The molecule has 5 heteroatoms. The zero-order chi connectivity index (χ0) is 15.3. The lowest BCUT2D eigenvalue weighted by Gasteiger charge is -2.20. The minimum atomic E-state index is -0.190. The van der Waals surface area contributed by atoms with Gasteiger partial charge in [-0.15, -0.1) is 0 Å². The van der Waals surface area contributed by atoms with Crippen LogP contribution in [-0.2, 0) is 4.79 Å². The van der Waals surface area contributed by atoms with E-state index >= 15 is 0 Å². The topological polar surface area (TPSA) is 47.6 Å². The zero-order valence-electron chi connectivity index (χ0n) is 12.6. The first-order valence-corrected chi connectivity index (χ1v) is 7.48. The van der Waals surface area contributed by atoms with E-state index in [1.807, 2.05) is 39.0 Å². The van der Waals surface area contributed by atoms with E-state index in [0.29, 0.717) is 11.5 Å². The van der Waals surface area contributed by atoms with Crippen LogP contribution in [0.5, 0.6) is 11.5 Å². The van der Waals surface area contributed by atoms with Crippen LogP contribution in [-0.4, -0.2) is 25.0 Å². The molecule has 0 saturated heterocycles. The van der Waals surface area contributed by atoms with E-state index in [1.165, 1.54) is 0 Å². The van der Waals surface area contributed by atoms with Crippen molar-refractivity contribution in [2.45, 2.75) is 31.6 Å². The molecule has 0 heterocycles. The summed E-state index contributed by atoms with van der Waals surface area (Å²) in [5.74, 6) is 1.57. The summed E-state index contributed by atoms with van der Waals surface area (Å²) >= 11 is 3.40. The Balaban J connectivity index is 2.82. The summed E-state index contributed by atoms with van der Waals surface area (Å²) in [5, 5.41) is 2.98. The van der Waals surface area contributed by atoms with Crippen LogP contribution in [0.1, 0.15) is 32.4 Å². The Labute approximate surface area is 129 Å². The molecule has 0 radical (unpaired) electrons. The number of rotatable bonds is 6. The predicted octanol–water partition coefficient (Wildman–Crippen LogP) is 3.30. The van der Waals surface area contributed by atoms with Gasteiger partial charge in [-0.05, 0) is 30.5 Å². The average molecular weight is 344 g/mol. The number of amides is 1. The molecule has 2 atom stereocenters. The fourth-order valence-corrected chi connectivity index (χ4v) is 1.93. The number of hydrogen-bond acceptors (Lipinski definition) is 3. The van der Waals surface area contributed by atoms with E-state index in [4.69, 9.17) is 9.47 Å². The predicted molar refractivity (Wildman–Crippen MR) is 83.7 cm³/mol. The smallest absolute Gasteiger partial charge is 0.234 e. The minimum Gasteiger partial charge on any atom is -0.493 e. The molecule has 112 valence electrons. The van der Waals surface area contributed by atoms with Crippen LogP contribution in [0.15, 0.2) is 18.2 Å². The molecule has 1 amide bonds. The van der Waals surface area contributed by atoms with Crippen LogP contribution in [0.2, 0.25) is 0 Å². The maximum Gasteiger partial charge on any atom is 0.234 e. The Morgan fingerprint density at radius 3 is 2.25 bits per heavy atom. The maximum absolute atomic E-state index is 12.0. The number of methoxy groups -OCH3 is 2. The Morgan fingerprint density at radius 1 is 1.15 bits per heavy atom. The van der Waals surface area contributed by atoms with Crippen molar-refractivity contribution in [1.29, 1.82) is 0 Å². The number of carbonyl (C=O) groups excluding carboxylic acids is 1. The van der Waals surface area contributed by atoms with Gasteiger partial charge in [0.2, 0.25) is 5.91 Å². The van der Waals surface area contributed by atoms with Gasteiger partial charge in [0, 0.05) is 0 Å². The van der Waals surface area contributed by atoms with Crippen molar-refractivity contribution < 1.29 is 14.3 Å². The van der Waals surface area contributed by atoms with Crippen LogP contribution in [0.25, 0.3) is 0 Å². The monoisotopic (exact) mass is 343 g/mol. The van der Waals surface area contributed by atoms with Crippen molar-refractivity contribution >= 4 is 21.8 Å². The van der Waals surface area contributed by atoms with Crippen molar-refractivity contribution in [3.05, 3.63) is 23.8 Å². The first-order chi connectivity index (χ1) is 9.40. The van der Waals surface area contributed by atoms with Gasteiger partial charge in [0.1, 0.15) is 0 Å². The Bertz CT molecular complexity index is 462. The van der Waals surface area contributed by atoms with Crippen LogP contribution < -0.4 is 14.8 Å². The van der Waals surface area contributed by atoms with Crippen LogP contribution in [0.4, 0.5) is 0 Å². The van der Waals surface area contributed by atoms with Gasteiger partial charge in [-0.3, -0.25) is 4.79 Å². The molecule has 0 aromatic heterocycles. The zero-order valence-corrected chi connectivity index (χ0v) is 14.2. The first kappa shape index (κ1) is 16.8. The van der Waals surface area contributed by atoms with E-state index in [2.05, 4.69) is 21.2 Å². The van der Waals surface area contributed by atoms with Crippen LogP contribution in [0, 0.1) is 5.92 Å². The molecule has 1 aromatic carbocycles. The number of hydrogen-bond donors (Lipinski definition) is 1. The summed E-state index contributed by atoms with van der Waals surface area (Å²) in [6.07, 6.45) is 0. The summed E-state index contributed by atoms with van der Waals surface area (Å²) in [6.45, 7) is 5.94. The molecule has 0 saturated carbocycles. The number of alkyl halides is 1. The second kappa shape index (κ2) is 7.53. The van der Waals surface area contributed by atoms with Crippen molar-refractivity contribution in [3.8, 4) is 11.5 Å². The Hall–Kier alpha value is -1.23. The fourth-order valence-electron chi connectivity index (χ4n) is 1.80. The number of benzene rings is 1. The van der Waals surface area contributed by atoms with E-state index in [9.17, 15) is 4.79 Å². The Morgan fingerprint density at radius 2 is 1.75 bits per heavy atom. The second-order valence-electron chi connectivity index (χ2n) is 4.99. The maximum atomic E-state index is 12.0. The van der Waals surface area contributed by atoms with E-state index in [0.717, 1.165) is 5.56 Å². The highest BCUT2D eigenvalue weighted by Gasteiger charge is 2.21. The third-order valence-electron chi connectivity index (χ3n) is 3.10. The third-order valence-corrected chi connectivity index (χ3v) is 4.58. The van der Waals surface area contributed by atoms with E-state index in [1.54, 1.807) is 14.2 Å². The Kier molecular flexibility index (Phi) is 6.33. The van der Waals surface area contributed by atoms with Crippen molar-refractivity contribution in [2.75, 3.05) is 14.2 Å². The standard InChI is InChI=1S/C15H22BrNO3/c1-9(2)14(16)15(18)17-10(3)11-6-7-12(19-4)13(8-11)20-5/h6-10,14H,1-5H3,(H,17,18). The SMILES string of the molecule is COc1ccc(C(C)NC(=O)C(Br)C(C)C)cc1OC. The molecule has 0 aliphatic heterocycles. The number of carbonyl (C=O) groups is 1. The molecule has 1 N–H and O–H groups in total. The first-order valence-electron chi connectivity index (χ1n) is 6.57. The van der Waals surface area contributed by atoms with Gasteiger partial charge < -0.3 is 14.8 Å². The summed E-state index contributed by atoms with van der Waals surface area (Å²) in [4.78, 5) is 11.8. The number of nitrogens with one attached hydrogen (secondary N) is 1. The van der Waals surface area contributed by atoms with Crippen LogP contribution in [0.3, 0.4) is 0 Å². The summed E-state index contributed by atoms with van der Waals surface area (Å²) in [6, 6.07) is 5.54. The van der Waals surface area contributed by atoms with Crippen molar-refractivity contribution in [1.82, 2.24) is 5.32 Å². The number of ether oxygens (including phenoxy) is 2. The van der Waals surface area contributed by atoms with Gasteiger partial charge in [-0.25, -0.2) is 0 Å². The van der Waals surface area contributed by atoms with Gasteiger partial charge in [0.15, 0.2) is 11.5 Å². The second-order valence-corrected chi connectivity index (χ2v) is 5.98. The largest absolute Gasteiger partial charge is 0.493 e. The highest BCUT2D eigenvalue weighted by molar-refractivity contribution is 9.10. The van der Waals surface area contributed by atoms with Gasteiger partial charge in [0.25, 0.3) is 0 Å². The number of halogens is 1. The molecule has 0 aliphatic rings. The van der Waals surface area contributed by atoms with Gasteiger partial charge >= 0.3 is 0 Å². The van der Waals surface area contributed by atoms with Gasteiger partial charge in [0.05, 0.1) is 25.1 Å². The molecular formula is C15H22BrNO3. The van der Waals surface area contributed by atoms with Gasteiger partial charge in [-0.2, -0.15) is 0 Å².